The maximum Gasteiger partial charge on any atom is 0.338 e. The minimum absolute atomic E-state index is 0.282. The highest BCUT2D eigenvalue weighted by Gasteiger charge is 2.33. The maximum absolute atomic E-state index is 12.1. The van der Waals surface area contributed by atoms with Gasteiger partial charge in [0.05, 0.1) is 11.6 Å². The van der Waals surface area contributed by atoms with Gasteiger partial charge in [0.2, 0.25) is 0 Å². The Bertz CT molecular complexity index is 704. The molecule has 7 heteroatoms. The molecule has 0 bridgehead atoms. The lowest BCUT2D eigenvalue weighted by Crippen LogP contribution is -2.50. The number of amides is 1. The fraction of sp³-hybridized carbons (Fsp3) is 0.500. The third-order valence-electron chi connectivity index (χ3n) is 4.41. The third-order valence-corrected chi connectivity index (χ3v) is 4.41. The molecule has 3 rings (SSSR count). The zero-order valence-corrected chi connectivity index (χ0v) is 13.9. The Morgan fingerprint density at radius 1 is 1.16 bits per heavy atom. The van der Waals surface area contributed by atoms with Gasteiger partial charge in [-0.2, -0.15) is 5.26 Å². The Hall–Kier alpha value is -2.75. The van der Waals surface area contributed by atoms with Crippen LogP contribution in [0.4, 0.5) is 0 Å². The molecule has 1 saturated carbocycles. The molecule has 1 N–H and O–H groups in total. The van der Waals surface area contributed by atoms with Crippen molar-refractivity contribution in [2.24, 2.45) is 0 Å². The van der Waals surface area contributed by atoms with Gasteiger partial charge in [0.1, 0.15) is 18.8 Å². The van der Waals surface area contributed by atoms with E-state index in [0.29, 0.717) is 37.6 Å². The summed E-state index contributed by atoms with van der Waals surface area (Å²) >= 11 is 0. The standard InChI is InChI=1S/C18H20N2O5/c19-12-18(6-2-1-3-7-18)20-16(21)11-25-17(22)13-4-5-14-15(10-13)24-9-8-23-14/h4-5,10H,1-3,6-9,11H2,(H,20,21). The summed E-state index contributed by atoms with van der Waals surface area (Å²) in [5, 5.41) is 12.1. The minimum atomic E-state index is -0.835. The lowest BCUT2D eigenvalue weighted by Gasteiger charge is -2.31. The number of esters is 1. The minimum Gasteiger partial charge on any atom is -0.486 e. The first-order chi connectivity index (χ1) is 12.1. The van der Waals surface area contributed by atoms with E-state index in [1.807, 2.05) is 0 Å². The quantitative estimate of drug-likeness (QED) is 0.839. The van der Waals surface area contributed by atoms with Gasteiger partial charge in [-0.3, -0.25) is 4.79 Å². The number of hydrogen-bond acceptors (Lipinski definition) is 6. The highest BCUT2D eigenvalue weighted by Crippen LogP contribution is 2.31. The fourth-order valence-corrected chi connectivity index (χ4v) is 3.11. The van der Waals surface area contributed by atoms with E-state index in [2.05, 4.69) is 11.4 Å². The summed E-state index contributed by atoms with van der Waals surface area (Å²) in [6.45, 7) is 0.471. The van der Waals surface area contributed by atoms with E-state index in [1.165, 1.54) is 6.07 Å². The highest BCUT2D eigenvalue weighted by molar-refractivity contribution is 5.92. The average molecular weight is 344 g/mol. The number of nitriles is 1. The Morgan fingerprint density at radius 3 is 2.60 bits per heavy atom. The summed E-state index contributed by atoms with van der Waals surface area (Å²) in [4.78, 5) is 24.2. The number of rotatable bonds is 4. The zero-order valence-electron chi connectivity index (χ0n) is 13.9. The number of fused-ring (bicyclic) bond motifs is 1. The van der Waals surface area contributed by atoms with E-state index in [4.69, 9.17) is 14.2 Å². The van der Waals surface area contributed by atoms with Crippen LogP contribution in [0.1, 0.15) is 42.5 Å². The number of benzene rings is 1. The van der Waals surface area contributed by atoms with Crippen LogP contribution in [0.2, 0.25) is 0 Å². The molecular formula is C18H20N2O5. The van der Waals surface area contributed by atoms with Crippen LogP contribution in [0, 0.1) is 11.3 Å². The normalized spacial score (nSPS) is 17.9. The Morgan fingerprint density at radius 2 is 1.88 bits per heavy atom. The van der Waals surface area contributed by atoms with Gasteiger partial charge >= 0.3 is 5.97 Å². The Labute approximate surface area is 145 Å². The van der Waals surface area contributed by atoms with Crippen LogP contribution >= 0.6 is 0 Å². The lowest BCUT2D eigenvalue weighted by atomic mass is 9.83. The van der Waals surface area contributed by atoms with E-state index in [9.17, 15) is 14.9 Å². The molecule has 132 valence electrons. The monoisotopic (exact) mass is 344 g/mol. The van der Waals surface area contributed by atoms with Crippen molar-refractivity contribution in [2.45, 2.75) is 37.6 Å². The number of carbonyl (C=O) groups excluding carboxylic acids is 2. The molecule has 1 aromatic rings. The van der Waals surface area contributed by atoms with Crippen LogP contribution in [-0.4, -0.2) is 37.2 Å². The predicted octanol–water partition coefficient (Wildman–Crippen LogP) is 1.96. The van der Waals surface area contributed by atoms with E-state index in [1.54, 1.807) is 12.1 Å². The summed E-state index contributed by atoms with van der Waals surface area (Å²) in [7, 11) is 0. The van der Waals surface area contributed by atoms with E-state index in [-0.39, 0.29) is 5.56 Å². The molecule has 1 aliphatic heterocycles. The fourth-order valence-electron chi connectivity index (χ4n) is 3.11. The van der Waals surface area contributed by atoms with Crippen molar-refractivity contribution in [2.75, 3.05) is 19.8 Å². The first-order valence-corrected chi connectivity index (χ1v) is 8.41. The van der Waals surface area contributed by atoms with Gasteiger partial charge in [0.25, 0.3) is 5.91 Å². The molecule has 0 radical (unpaired) electrons. The van der Waals surface area contributed by atoms with E-state index >= 15 is 0 Å². The molecule has 7 nitrogen and oxygen atoms in total. The van der Waals surface area contributed by atoms with Gasteiger partial charge < -0.3 is 19.5 Å². The van der Waals surface area contributed by atoms with Crippen LogP contribution in [0.25, 0.3) is 0 Å². The molecule has 0 unspecified atom stereocenters. The average Bonchev–Trinajstić information content (AvgIpc) is 2.66. The highest BCUT2D eigenvalue weighted by atomic mass is 16.6. The second kappa shape index (κ2) is 7.43. The van der Waals surface area contributed by atoms with Crippen molar-refractivity contribution in [3.8, 4) is 17.6 Å². The van der Waals surface area contributed by atoms with Gasteiger partial charge in [-0.1, -0.05) is 19.3 Å². The van der Waals surface area contributed by atoms with Crippen LogP contribution in [0.3, 0.4) is 0 Å². The van der Waals surface area contributed by atoms with Crippen molar-refractivity contribution in [1.82, 2.24) is 5.32 Å². The second-order valence-electron chi connectivity index (χ2n) is 6.24. The first-order valence-electron chi connectivity index (χ1n) is 8.41. The predicted molar refractivity (Wildman–Crippen MR) is 87.3 cm³/mol. The smallest absolute Gasteiger partial charge is 0.338 e. The number of nitrogens with zero attached hydrogens (tertiary/aromatic N) is 1. The third kappa shape index (κ3) is 4.02. The van der Waals surface area contributed by atoms with Crippen molar-refractivity contribution < 1.29 is 23.8 Å². The summed E-state index contributed by atoms with van der Waals surface area (Å²) < 4.78 is 15.9. The Kier molecular flexibility index (Phi) is 5.08. The van der Waals surface area contributed by atoms with Gasteiger partial charge in [-0.15, -0.1) is 0 Å². The number of nitrogens with one attached hydrogen (secondary N) is 1. The summed E-state index contributed by atoms with van der Waals surface area (Å²) in [6, 6.07) is 6.93. The lowest BCUT2D eigenvalue weighted by molar-refractivity contribution is -0.125. The van der Waals surface area contributed by atoms with Crippen molar-refractivity contribution in [1.29, 1.82) is 5.26 Å². The van der Waals surface area contributed by atoms with Crippen molar-refractivity contribution in [3.05, 3.63) is 23.8 Å². The van der Waals surface area contributed by atoms with Gasteiger partial charge in [-0.05, 0) is 31.0 Å². The van der Waals surface area contributed by atoms with Crippen LogP contribution < -0.4 is 14.8 Å². The molecule has 1 fully saturated rings. The van der Waals surface area contributed by atoms with Crippen LogP contribution in [0.15, 0.2) is 18.2 Å². The van der Waals surface area contributed by atoms with Crippen LogP contribution in [-0.2, 0) is 9.53 Å². The van der Waals surface area contributed by atoms with Gasteiger partial charge in [0, 0.05) is 0 Å². The SMILES string of the molecule is N#CC1(NC(=O)COC(=O)c2ccc3c(c2)OCCO3)CCCCC1. The molecule has 0 saturated heterocycles. The molecule has 1 aliphatic carbocycles. The molecule has 0 spiro atoms. The molecule has 2 aliphatic rings. The second-order valence-corrected chi connectivity index (χ2v) is 6.24. The van der Waals surface area contributed by atoms with E-state index in [0.717, 1.165) is 19.3 Å². The molecule has 1 heterocycles. The maximum atomic E-state index is 12.1. The first kappa shape index (κ1) is 17.1. The summed E-state index contributed by atoms with van der Waals surface area (Å²) in [5.41, 5.74) is -0.552. The number of carbonyl (C=O) groups is 2. The molecule has 25 heavy (non-hydrogen) atoms. The zero-order chi connectivity index (χ0) is 17.7. The molecule has 1 amide bonds. The van der Waals surface area contributed by atoms with Gasteiger partial charge in [-0.25, -0.2) is 4.79 Å². The molecular weight excluding hydrogens is 324 g/mol. The van der Waals surface area contributed by atoms with Gasteiger partial charge in [0.15, 0.2) is 18.1 Å². The number of ether oxygens (including phenoxy) is 3. The summed E-state index contributed by atoms with van der Waals surface area (Å²) in [5.74, 6) is -0.0271. The summed E-state index contributed by atoms with van der Waals surface area (Å²) in [6.07, 6.45) is 4.14. The number of hydrogen-bond donors (Lipinski definition) is 1. The van der Waals surface area contributed by atoms with E-state index < -0.39 is 24.0 Å². The molecule has 0 atom stereocenters. The van der Waals surface area contributed by atoms with Crippen molar-refractivity contribution in [3.63, 3.8) is 0 Å². The molecule has 1 aromatic carbocycles. The van der Waals surface area contributed by atoms with Crippen LogP contribution in [0.5, 0.6) is 11.5 Å². The topological polar surface area (TPSA) is 97.7 Å². The molecule has 0 aromatic heterocycles. The largest absolute Gasteiger partial charge is 0.486 e. The Balaban J connectivity index is 1.55. The van der Waals surface area contributed by atoms with Crippen molar-refractivity contribution >= 4 is 11.9 Å².